The Bertz CT molecular complexity index is 635. The van der Waals surface area contributed by atoms with Gasteiger partial charge in [0.25, 0.3) is 5.91 Å². The maximum Gasteiger partial charge on any atom is 0.387 e. The highest BCUT2D eigenvalue weighted by Gasteiger charge is 2.28. The summed E-state index contributed by atoms with van der Waals surface area (Å²) in [6, 6.07) is 4.50. The molecular formula is C14H13F2NO3S2. The van der Waals surface area contributed by atoms with Crippen LogP contribution in [0.1, 0.15) is 12.5 Å². The molecule has 4 nitrogen and oxygen atoms in total. The van der Waals surface area contributed by atoms with E-state index in [1.54, 1.807) is 32.2 Å². The Morgan fingerprint density at radius 3 is 2.68 bits per heavy atom. The number of amides is 1. The lowest BCUT2D eigenvalue weighted by Crippen LogP contribution is -2.22. The standard InChI is InChI=1S/C14H13F2NO3S2/c1-3-19-10-6-8(4-5-9(10)20-13(15)16)7-11-12(18)17(2)14(21)22-11/h4-7,13H,3H2,1-2H3. The summed E-state index contributed by atoms with van der Waals surface area (Å²) in [4.78, 5) is 13.8. The van der Waals surface area contributed by atoms with Crippen LogP contribution < -0.4 is 9.47 Å². The molecule has 118 valence electrons. The van der Waals surface area contributed by atoms with Crippen molar-refractivity contribution in [3.05, 3.63) is 28.7 Å². The maximum atomic E-state index is 12.3. The Balaban J connectivity index is 2.31. The Hall–Kier alpha value is -1.67. The second-order valence-electron chi connectivity index (χ2n) is 4.26. The minimum absolute atomic E-state index is 0.0444. The fourth-order valence-electron chi connectivity index (χ4n) is 1.77. The lowest BCUT2D eigenvalue weighted by atomic mass is 10.2. The molecule has 0 radical (unpaired) electrons. The highest BCUT2D eigenvalue weighted by Crippen LogP contribution is 2.34. The minimum Gasteiger partial charge on any atom is -0.490 e. The van der Waals surface area contributed by atoms with Gasteiger partial charge >= 0.3 is 6.61 Å². The van der Waals surface area contributed by atoms with Gasteiger partial charge in [0.1, 0.15) is 4.32 Å². The summed E-state index contributed by atoms with van der Waals surface area (Å²) in [6.45, 7) is -0.886. The van der Waals surface area contributed by atoms with Crippen LogP contribution in [0.2, 0.25) is 0 Å². The number of thioether (sulfide) groups is 1. The van der Waals surface area contributed by atoms with Crippen LogP contribution in [0, 0.1) is 0 Å². The molecule has 1 aromatic rings. The normalized spacial score (nSPS) is 16.8. The zero-order valence-corrected chi connectivity index (χ0v) is 13.5. The van der Waals surface area contributed by atoms with Gasteiger partial charge in [-0.05, 0) is 30.7 Å². The Kier molecular flexibility index (Phi) is 5.36. The fourth-order valence-corrected chi connectivity index (χ4v) is 2.95. The van der Waals surface area contributed by atoms with E-state index in [4.69, 9.17) is 17.0 Å². The SMILES string of the molecule is CCOc1cc(C=C2SC(=S)N(C)C2=O)ccc1OC(F)F. The summed E-state index contributed by atoms with van der Waals surface area (Å²) in [6.07, 6.45) is 1.64. The first-order valence-corrected chi connectivity index (χ1v) is 7.58. The number of hydrogen-bond donors (Lipinski definition) is 0. The minimum atomic E-state index is -2.93. The maximum absolute atomic E-state index is 12.3. The van der Waals surface area contributed by atoms with Gasteiger partial charge in [-0.25, -0.2) is 0 Å². The van der Waals surface area contributed by atoms with Gasteiger partial charge in [-0.2, -0.15) is 8.78 Å². The van der Waals surface area contributed by atoms with Crippen LogP contribution in [0.4, 0.5) is 8.78 Å². The third kappa shape index (κ3) is 3.75. The molecule has 0 atom stereocenters. The Morgan fingerprint density at radius 1 is 1.41 bits per heavy atom. The summed E-state index contributed by atoms with van der Waals surface area (Å²) >= 11 is 6.23. The second-order valence-corrected chi connectivity index (χ2v) is 5.93. The van der Waals surface area contributed by atoms with Crippen LogP contribution in [0.15, 0.2) is 23.1 Å². The van der Waals surface area contributed by atoms with Gasteiger partial charge < -0.3 is 9.47 Å². The van der Waals surface area contributed by atoms with E-state index >= 15 is 0 Å². The monoisotopic (exact) mass is 345 g/mol. The lowest BCUT2D eigenvalue weighted by molar-refractivity contribution is -0.121. The predicted octanol–water partition coefficient (Wildman–Crippen LogP) is 3.52. The molecule has 1 aromatic carbocycles. The number of rotatable bonds is 5. The number of thiocarbonyl (C=S) groups is 1. The molecule has 0 aromatic heterocycles. The van der Waals surface area contributed by atoms with Gasteiger partial charge in [-0.1, -0.05) is 30.0 Å². The molecule has 1 saturated heterocycles. The fraction of sp³-hybridized carbons (Fsp3) is 0.286. The molecule has 22 heavy (non-hydrogen) atoms. The second kappa shape index (κ2) is 7.06. The molecule has 0 saturated carbocycles. The number of carbonyl (C=O) groups is 1. The largest absolute Gasteiger partial charge is 0.490 e. The number of likely N-dealkylation sites (N-methyl/N-ethyl adjacent to an activating group) is 1. The van der Waals surface area contributed by atoms with E-state index in [1.807, 2.05) is 0 Å². The van der Waals surface area contributed by atoms with E-state index in [0.717, 1.165) is 0 Å². The number of alkyl halides is 2. The number of carbonyl (C=O) groups excluding carboxylic acids is 1. The molecule has 0 aliphatic carbocycles. The van der Waals surface area contributed by atoms with Crippen LogP contribution in [0.25, 0.3) is 6.08 Å². The van der Waals surface area contributed by atoms with Crippen molar-refractivity contribution in [3.63, 3.8) is 0 Å². The topological polar surface area (TPSA) is 38.8 Å². The van der Waals surface area contributed by atoms with Crippen LogP contribution >= 0.6 is 24.0 Å². The summed E-state index contributed by atoms with van der Waals surface area (Å²) in [5.74, 6) is -0.0403. The molecule has 1 aliphatic rings. The first-order chi connectivity index (χ1) is 10.4. The summed E-state index contributed by atoms with van der Waals surface area (Å²) < 4.78 is 34.9. The molecule has 1 heterocycles. The van der Waals surface area contributed by atoms with Crippen molar-refractivity contribution < 1.29 is 23.0 Å². The smallest absolute Gasteiger partial charge is 0.387 e. The lowest BCUT2D eigenvalue weighted by Gasteiger charge is -2.11. The van der Waals surface area contributed by atoms with Crippen molar-refractivity contribution in [1.29, 1.82) is 0 Å². The van der Waals surface area contributed by atoms with Crippen molar-refractivity contribution in [3.8, 4) is 11.5 Å². The number of benzene rings is 1. The van der Waals surface area contributed by atoms with Crippen LogP contribution in [0.5, 0.6) is 11.5 Å². The summed E-state index contributed by atoms with van der Waals surface area (Å²) in [5, 5.41) is 0. The molecule has 0 N–H and O–H groups in total. The predicted molar refractivity (Wildman–Crippen MR) is 85.2 cm³/mol. The first kappa shape index (κ1) is 16.7. The zero-order chi connectivity index (χ0) is 16.3. The van der Waals surface area contributed by atoms with E-state index in [-0.39, 0.29) is 17.4 Å². The van der Waals surface area contributed by atoms with E-state index < -0.39 is 6.61 Å². The van der Waals surface area contributed by atoms with Gasteiger partial charge in [0.05, 0.1) is 11.5 Å². The molecule has 1 fully saturated rings. The third-order valence-electron chi connectivity index (χ3n) is 2.77. The molecule has 1 aliphatic heterocycles. The molecular weight excluding hydrogens is 332 g/mol. The zero-order valence-electron chi connectivity index (χ0n) is 11.8. The van der Waals surface area contributed by atoms with E-state index in [1.165, 1.54) is 22.7 Å². The molecule has 0 bridgehead atoms. The van der Waals surface area contributed by atoms with Crippen LogP contribution in [-0.4, -0.2) is 35.4 Å². The van der Waals surface area contributed by atoms with Crippen LogP contribution in [0.3, 0.4) is 0 Å². The van der Waals surface area contributed by atoms with E-state index in [0.29, 0.717) is 21.4 Å². The third-order valence-corrected chi connectivity index (χ3v) is 4.25. The number of halogens is 2. The first-order valence-electron chi connectivity index (χ1n) is 6.35. The number of nitrogens with zero attached hydrogens (tertiary/aromatic N) is 1. The average Bonchev–Trinajstić information content (AvgIpc) is 2.69. The average molecular weight is 345 g/mol. The highest BCUT2D eigenvalue weighted by molar-refractivity contribution is 8.26. The molecule has 0 unspecified atom stereocenters. The molecule has 2 rings (SSSR count). The van der Waals surface area contributed by atoms with Gasteiger partial charge in [0.2, 0.25) is 0 Å². The van der Waals surface area contributed by atoms with Gasteiger partial charge in [-0.15, -0.1) is 0 Å². The Morgan fingerprint density at radius 2 is 2.14 bits per heavy atom. The molecule has 0 spiro atoms. The highest BCUT2D eigenvalue weighted by atomic mass is 32.2. The summed E-state index contributed by atoms with van der Waals surface area (Å²) in [5.41, 5.74) is 0.638. The Labute approximate surface area is 136 Å². The van der Waals surface area contributed by atoms with Gasteiger partial charge in [0.15, 0.2) is 11.5 Å². The van der Waals surface area contributed by atoms with Crippen molar-refractivity contribution in [1.82, 2.24) is 4.90 Å². The van der Waals surface area contributed by atoms with Crippen molar-refractivity contribution >= 4 is 40.3 Å². The van der Waals surface area contributed by atoms with Crippen molar-refractivity contribution in [2.75, 3.05) is 13.7 Å². The number of hydrogen-bond acceptors (Lipinski definition) is 5. The van der Waals surface area contributed by atoms with Gasteiger partial charge in [-0.3, -0.25) is 9.69 Å². The van der Waals surface area contributed by atoms with Crippen molar-refractivity contribution in [2.45, 2.75) is 13.5 Å². The van der Waals surface area contributed by atoms with E-state index in [9.17, 15) is 13.6 Å². The van der Waals surface area contributed by atoms with Crippen molar-refractivity contribution in [2.24, 2.45) is 0 Å². The molecule has 8 heteroatoms. The molecule has 1 amide bonds. The van der Waals surface area contributed by atoms with Crippen LogP contribution in [-0.2, 0) is 4.79 Å². The quantitative estimate of drug-likeness (QED) is 0.603. The van der Waals surface area contributed by atoms with E-state index in [2.05, 4.69) is 4.74 Å². The number of ether oxygens (including phenoxy) is 2. The van der Waals surface area contributed by atoms with Gasteiger partial charge in [0, 0.05) is 7.05 Å². The summed E-state index contributed by atoms with van der Waals surface area (Å²) in [7, 11) is 1.60.